The first-order chi connectivity index (χ1) is 11.7. The smallest absolute Gasteiger partial charge is 0.248 e. The van der Waals surface area contributed by atoms with Gasteiger partial charge < -0.3 is 15.8 Å². The van der Waals surface area contributed by atoms with Crippen LogP contribution in [0.2, 0.25) is 0 Å². The number of nitrogens with one attached hydrogen (secondary N) is 1. The highest BCUT2D eigenvalue weighted by Crippen LogP contribution is 2.30. The lowest BCUT2D eigenvalue weighted by Gasteiger charge is -2.11. The number of halogens is 1. The second-order valence-electron chi connectivity index (χ2n) is 5.03. The third-order valence-corrected chi connectivity index (χ3v) is 3.84. The average molecular weight is 386 g/mol. The monoisotopic (exact) mass is 385 g/mol. The summed E-state index contributed by atoms with van der Waals surface area (Å²) in [7, 11) is 0. The summed E-state index contributed by atoms with van der Waals surface area (Å²) in [6.07, 6.45) is 4.06. The van der Waals surface area contributed by atoms with Crippen LogP contribution in [0.25, 0.3) is 0 Å². The van der Waals surface area contributed by atoms with Crippen LogP contribution < -0.4 is 15.8 Å². The molecule has 0 radical (unpaired) electrons. The Morgan fingerprint density at radius 2 is 1.88 bits per heavy atom. The molecule has 0 fully saturated rings. The van der Waals surface area contributed by atoms with E-state index in [4.69, 9.17) is 10.5 Å². The van der Waals surface area contributed by atoms with E-state index >= 15 is 0 Å². The van der Waals surface area contributed by atoms with E-state index in [9.17, 15) is 0 Å². The van der Waals surface area contributed by atoms with E-state index in [0.717, 1.165) is 10.9 Å². The minimum Gasteiger partial charge on any atom is -0.437 e. The summed E-state index contributed by atoms with van der Waals surface area (Å²) in [6, 6.07) is 11.5. The van der Waals surface area contributed by atoms with Gasteiger partial charge in [-0.3, -0.25) is 0 Å². The van der Waals surface area contributed by atoms with Crippen molar-refractivity contribution >= 4 is 33.3 Å². The molecule has 0 saturated carbocycles. The Kier molecular flexibility index (Phi) is 4.90. The lowest BCUT2D eigenvalue weighted by Crippen LogP contribution is -2.03. The second kappa shape index (κ2) is 7.27. The number of nitrogens with zero attached hydrogens (tertiary/aromatic N) is 3. The molecule has 1 aromatic carbocycles. The summed E-state index contributed by atoms with van der Waals surface area (Å²) in [4.78, 5) is 12.5. The van der Waals surface area contributed by atoms with Crippen molar-refractivity contribution in [1.82, 2.24) is 15.0 Å². The van der Waals surface area contributed by atoms with E-state index < -0.39 is 0 Å². The van der Waals surface area contributed by atoms with Crippen molar-refractivity contribution in [2.75, 3.05) is 11.1 Å². The normalized spacial score (nSPS) is 10.4. The van der Waals surface area contributed by atoms with E-state index in [0.29, 0.717) is 29.0 Å². The number of hydrogen-bond donors (Lipinski definition) is 2. The Labute approximate surface area is 148 Å². The zero-order chi connectivity index (χ0) is 16.9. The lowest BCUT2D eigenvalue weighted by atomic mass is 10.2. The summed E-state index contributed by atoms with van der Waals surface area (Å²) in [5.74, 6) is 2.04. The SMILES string of the molecule is CCc1ccc(Oc2ncnc(Nc3ccc(Br)cn3)c2N)cc1. The van der Waals surface area contributed by atoms with Crippen LogP contribution in [0, 0.1) is 0 Å². The van der Waals surface area contributed by atoms with Crippen LogP contribution in [-0.4, -0.2) is 15.0 Å². The molecule has 0 unspecified atom stereocenters. The molecule has 122 valence electrons. The Morgan fingerprint density at radius 3 is 2.54 bits per heavy atom. The molecule has 0 aliphatic rings. The zero-order valence-corrected chi connectivity index (χ0v) is 14.6. The first kappa shape index (κ1) is 16.2. The fourth-order valence-corrected chi connectivity index (χ4v) is 2.27. The molecule has 0 spiro atoms. The number of nitrogens with two attached hydrogens (primary N) is 1. The molecule has 3 aromatic rings. The third-order valence-electron chi connectivity index (χ3n) is 3.37. The van der Waals surface area contributed by atoms with Crippen molar-refractivity contribution in [3.63, 3.8) is 0 Å². The highest BCUT2D eigenvalue weighted by atomic mass is 79.9. The topological polar surface area (TPSA) is 86.0 Å². The fraction of sp³-hybridized carbons (Fsp3) is 0.118. The molecular weight excluding hydrogens is 370 g/mol. The number of aryl methyl sites for hydroxylation is 1. The number of pyridine rings is 1. The van der Waals surface area contributed by atoms with E-state index in [-0.39, 0.29) is 0 Å². The van der Waals surface area contributed by atoms with Gasteiger partial charge in [0.15, 0.2) is 5.82 Å². The first-order valence-corrected chi connectivity index (χ1v) is 8.21. The quantitative estimate of drug-likeness (QED) is 0.680. The molecule has 0 bridgehead atoms. The number of benzene rings is 1. The molecule has 2 aromatic heterocycles. The summed E-state index contributed by atoms with van der Waals surface area (Å²) in [5, 5.41) is 3.06. The number of ether oxygens (including phenoxy) is 1. The van der Waals surface area contributed by atoms with Crippen LogP contribution in [-0.2, 0) is 6.42 Å². The number of aromatic nitrogens is 3. The average Bonchev–Trinajstić information content (AvgIpc) is 2.61. The third kappa shape index (κ3) is 3.80. The van der Waals surface area contributed by atoms with Gasteiger partial charge in [-0.2, -0.15) is 4.98 Å². The van der Waals surface area contributed by atoms with Gasteiger partial charge in [0, 0.05) is 10.7 Å². The van der Waals surface area contributed by atoms with Crippen LogP contribution in [0.5, 0.6) is 11.6 Å². The van der Waals surface area contributed by atoms with Gasteiger partial charge in [-0.25, -0.2) is 9.97 Å². The van der Waals surface area contributed by atoms with Crippen LogP contribution in [0.15, 0.2) is 53.4 Å². The van der Waals surface area contributed by atoms with Crippen molar-refractivity contribution in [1.29, 1.82) is 0 Å². The highest BCUT2D eigenvalue weighted by molar-refractivity contribution is 9.10. The van der Waals surface area contributed by atoms with Crippen LogP contribution in [0.3, 0.4) is 0 Å². The molecule has 0 atom stereocenters. The summed E-state index contributed by atoms with van der Waals surface area (Å²) in [5.41, 5.74) is 7.67. The molecule has 0 saturated heterocycles. The van der Waals surface area contributed by atoms with Crippen molar-refractivity contribution in [2.24, 2.45) is 0 Å². The Bertz CT molecular complexity index is 821. The molecule has 24 heavy (non-hydrogen) atoms. The van der Waals surface area contributed by atoms with E-state index in [1.165, 1.54) is 11.9 Å². The summed E-state index contributed by atoms with van der Waals surface area (Å²) in [6.45, 7) is 2.10. The number of nitrogen functional groups attached to an aromatic ring is 1. The van der Waals surface area contributed by atoms with Crippen molar-refractivity contribution in [3.05, 3.63) is 59.0 Å². The van der Waals surface area contributed by atoms with Crippen molar-refractivity contribution in [3.8, 4) is 11.6 Å². The van der Waals surface area contributed by atoms with E-state index in [2.05, 4.69) is 43.1 Å². The van der Waals surface area contributed by atoms with Crippen LogP contribution >= 0.6 is 15.9 Å². The first-order valence-electron chi connectivity index (χ1n) is 7.41. The predicted molar refractivity (Wildman–Crippen MR) is 97.6 cm³/mol. The fourth-order valence-electron chi connectivity index (χ4n) is 2.04. The van der Waals surface area contributed by atoms with E-state index in [1.807, 2.05) is 36.4 Å². The van der Waals surface area contributed by atoms with Crippen molar-refractivity contribution < 1.29 is 4.74 Å². The van der Waals surface area contributed by atoms with Gasteiger partial charge in [-0.15, -0.1) is 0 Å². The van der Waals surface area contributed by atoms with Crippen LogP contribution in [0.4, 0.5) is 17.3 Å². The maximum atomic E-state index is 6.12. The molecule has 3 N–H and O–H groups in total. The molecule has 7 heteroatoms. The Morgan fingerprint density at radius 1 is 1.08 bits per heavy atom. The van der Waals surface area contributed by atoms with Gasteiger partial charge in [-0.05, 0) is 52.2 Å². The van der Waals surface area contributed by atoms with Gasteiger partial charge in [0.1, 0.15) is 23.6 Å². The second-order valence-corrected chi connectivity index (χ2v) is 5.94. The predicted octanol–water partition coefficient (Wildman–Crippen LogP) is 4.31. The molecule has 3 rings (SSSR count). The molecule has 0 aliphatic carbocycles. The standard InChI is InChI=1S/C17H16BrN5O/c1-2-11-3-6-13(7-4-11)24-17-15(19)16(21-10-22-17)23-14-8-5-12(18)9-20-14/h3-10H,2,19H2,1H3,(H,20,21,22,23). The minimum atomic E-state index is 0.300. The minimum absolute atomic E-state index is 0.300. The molecular formula is C17H16BrN5O. The maximum absolute atomic E-state index is 6.12. The molecule has 6 nitrogen and oxygen atoms in total. The van der Waals surface area contributed by atoms with Gasteiger partial charge >= 0.3 is 0 Å². The Balaban J connectivity index is 1.80. The van der Waals surface area contributed by atoms with Gasteiger partial charge in [0.25, 0.3) is 0 Å². The number of rotatable bonds is 5. The van der Waals surface area contributed by atoms with E-state index in [1.54, 1.807) is 6.20 Å². The summed E-state index contributed by atoms with van der Waals surface area (Å²) < 4.78 is 6.65. The largest absolute Gasteiger partial charge is 0.437 e. The number of hydrogen-bond acceptors (Lipinski definition) is 6. The molecule has 0 amide bonds. The maximum Gasteiger partial charge on any atom is 0.248 e. The Hall–Kier alpha value is -2.67. The molecule has 0 aliphatic heterocycles. The summed E-state index contributed by atoms with van der Waals surface area (Å²) >= 11 is 3.34. The van der Waals surface area contributed by atoms with Gasteiger partial charge in [0.05, 0.1) is 0 Å². The number of anilines is 3. The van der Waals surface area contributed by atoms with Gasteiger partial charge in [-0.1, -0.05) is 19.1 Å². The van der Waals surface area contributed by atoms with Crippen LogP contribution in [0.1, 0.15) is 12.5 Å². The molecule has 2 heterocycles. The van der Waals surface area contributed by atoms with Gasteiger partial charge in [0.2, 0.25) is 5.88 Å². The zero-order valence-electron chi connectivity index (χ0n) is 13.0. The van der Waals surface area contributed by atoms with Crippen molar-refractivity contribution in [2.45, 2.75) is 13.3 Å². The lowest BCUT2D eigenvalue weighted by molar-refractivity contribution is 0.464. The highest BCUT2D eigenvalue weighted by Gasteiger charge is 2.11.